The summed E-state index contributed by atoms with van der Waals surface area (Å²) < 4.78 is 0. The molecule has 0 spiro atoms. The van der Waals surface area contributed by atoms with Gasteiger partial charge >= 0.3 is 0 Å². The Hall–Kier alpha value is -2.52. The fourth-order valence-corrected chi connectivity index (χ4v) is 3.54. The average molecular weight is 356 g/mol. The largest absolute Gasteiger partial charge is 0.338 e. The molecule has 0 fully saturated rings. The van der Waals surface area contributed by atoms with Crippen LogP contribution in [0.15, 0.2) is 41.0 Å². The maximum absolute atomic E-state index is 11.8. The number of fused-ring (bicyclic) bond motifs is 3. The Kier molecular flexibility index (Phi) is 4.09. The average Bonchev–Trinajstić information content (AvgIpc) is 3.21. The zero-order valence-electron chi connectivity index (χ0n) is 12.4. The Labute approximate surface area is 144 Å². The van der Waals surface area contributed by atoms with E-state index in [2.05, 4.69) is 30.5 Å². The van der Waals surface area contributed by atoms with E-state index in [0.717, 1.165) is 16.4 Å². The molecule has 4 rings (SSSR count). The lowest BCUT2D eigenvalue weighted by Crippen LogP contribution is -2.12. The highest BCUT2D eigenvalue weighted by Gasteiger charge is 2.10. The molecular weight excluding hydrogens is 344 g/mol. The Morgan fingerprint density at radius 1 is 1.29 bits per heavy atom. The molecule has 9 heteroatoms. The number of thiazole rings is 1. The summed E-state index contributed by atoms with van der Waals surface area (Å²) >= 11 is 2.80. The smallest absolute Gasteiger partial charge is 0.226 e. The second kappa shape index (κ2) is 6.54. The van der Waals surface area contributed by atoms with Gasteiger partial charge in [0.25, 0.3) is 0 Å². The van der Waals surface area contributed by atoms with Gasteiger partial charge in [-0.2, -0.15) is 0 Å². The third-order valence-corrected chi connectivity index (χ3v) is 4.87. The van der Waals surface area contributed by atoms with Crippen LogP contribution in [-0.4, -0.2) is 36.8 Å². The second-order valence-corrected chi connectivity index (χ2v) is 6.90. The molecule has 0 saturated carbocycles. The van der Waals surface area contributed by atoms with E-state index in [1.165, 1.54) is 23.1 Å². The maximum Gasteiger partial charge on any atom is 0.226 e. The molecule has 24 heavy (non-hydrogen) atoms. The molecular formula is C15H12N6OS2. The van der Waals surface area contributed by atoms with Crippen molar-refractivity contribution in [1.29, 1.82) is 0 Å². The van der Waals surface area contributed by atoms with E-state index in [4.69, 9.17) is 0 Å². The minimum Gasteiger partial charge on any atom is -0.338 e. The number of carbonyl (C=O) groups excluding carboxylic acids is 1. The van der Waals surface area contributed by atoms with Gasteiger partial charge in [0.15, 0.2) is 10.8 Å². The molecule has 120 valence electrons. The third kappa shape index (κ3) is 3.08. The number of anilines is 1. The van der Waals surface area contributed by atoms with Crippen molar-refractivity contribution in [1.82, 2.24) is 25.1 Å². The van der Waals surface area contributed by atoms with E-state index in [1.807, 2.05) is 29.6 Å². The lowest BCUT2D eigenvalue weighted by Gasteiger charge is -2.01. The number of hydrogen-bond donors (Lipinski definition) is 2. The minimum absolute atomic E-state index is 0.0721. The normalized spacial score (nSPS) is 11.2. The quantitative estimate of drug-likeness (QED) is 0.534. The van der Waals surface area contributed by atoms with Crippen molar-refractivity contribution in [3.63, 3.8) is 0 Å². The number of thioether (sulfide) groups is 1. The van der Waals surface area contributed by atoms with Crippen molar-refractivity contribution < 1.29 is 4.79 Å². The summed E-state index contributed by atoms with van der Waals surface area (Å²) in [6, 6.07) is 7.89. The number of hydrogen-bond acceptors (Lipinski definition) is 7. The number of aromatic nitrogens is 5. The molecule has 0 aliphatic carbocycles. The first-order valence-electron chi connectivity index (χ1n) is 7.23. The van der Waals surface area contributed by atoms with E-state index >= 15 is 0 Å². The van der Waals surface area contributed by atoms with Gasteiger partial charge in [-0.3, -0.25) is 4.79 Å². The molecule has 1 aromatic carbocycles. The Morgan fingerprint density at radius 2 is 2.21 bits per heavy atom. The summed E-state index contributed by atoms with van der Waals surface area (Å²) in [4.78, 5) is 23.5. The number of rotatable bonds is 5. The Morgan fingerprint density at radius 3 is 3.08 bits per heavy atom. The summed E-state index contributed by atoms with van der Waals surface area (Å²) in [6.07, 6.45) is 2.02. The van der Waals surface area contributed by atoms with Crippen molar-refractivity contribution in [3.05, 3.63) is 35.8 Å². The van der Waals surface area contributed by atoms with Crippen LogP contribution >= 0.6 is 23.1 Å². The first-order valence-corrected chi connectivity index (χ1v) is 9.09. The first-order chi connectivity index (χ1) is 11.8. The van der Waals surface area contributed by atoms with Gasteiger partial charge in [0.2, 0.25) is 11.1 Å². The lowest BCUT2D eigenvalue weighted by molar-refractivity contribution is -0.115. The fraction of sp³-hybridized carbons (Fsp3) is 0.133. The molecule has 0 aliphatic heterocycles. The zero-order chi connectivity index (χ0) is 16.4. The van der Waals surface area contributed by atoms with E-state index in [1.54, 1.807) is 6.20 Å². The minimum atomic E-state index is -0.0721. The van der Waals surface area contributed by atoms with Crippen LogP contribution in [-0.2, 0) is 4.79 Å². The standard InChI is InChI=1S/C15H12N6OS2/c22-11(18-14-16-6-8-24-14)5-7-23-15-19-13-12(20-21-15)9-3-1-2-4-10(9)17-13/h1-4,6,8H,5,7H2,(H,16,18,22)(H,17,19,21). The van der Waals surface area contributed by atoms with Crippen LogP contribution in [0.4, 0.5) is 5.13 Å². The number of H-pyrrole nitrogens is 1. The number of nitrogens with one attached hydrogen (secondary N) is 2. The van der Waals surface area contributed by atoms with Crippen molar-refractivity contribution in [3.8, 4) is 0 Å². The molecule has 1 amide bonds. The zero-order valence-corrected chi connectivity index (χ0v) is 14.0. The van der Waals surface area contributed by atoms with Gasteiger partial charge in [-0.15, -0.1) is 21.5 Å². The third-order valence-electron chi connectivity index (χ3n) is 3.34. The SMILES string of the molecule is O=C(CCSc1nnc2c(n1)[nH]c1ccccc12)Nc1nccs1. The van der Waals surface area contributed by atoms with Gasteiger partial charge in [-0.1, -0.05) is 30.0 Å². The van der Waals surface area contributed by atoms with E-state index in [-0.39, 0.29) is 5.91 Å². The van der Waals surface area contributed by atoms with Crippen LogP contribution < -0.4 is 5.32 Å². The number of benzene rings is 1. The van der Waals surface area contributed by atoms with Crippen LogP contribution in [0, 0.1) is 0 Å². The summed E-state index contributed by atoms with van der Waals surface area (Å²) in [5, 5.41) is 15.1. The van der Waals surface area contributed by atoms with Gasteiger partial charge < -0.3 is 10.3 Å². The van der Waals surface area contributed by atoms with E-state index < -0.39 is 0 Å². The lowest BCUT2D eigenvalue weighted by atomic mass is 10.2. The van der Waals surface area contributed by atoms with Crippen LogP contribution in [0.3, 0.4) is 0 Å². The highest BCUT2D eigenvalue weighted by Crippen LogP contribution is 2.23. The number of amides is 1. The summed E-state index contributed by atoms with van der Waals surface area (Å²) in [7, 11) is 0. The molecule has 3 heterocycles. The van der Waals surface area contributed by atoms with Crippen molar-refractivity contribution >= 4 is 56.2 Å². The van der Waals surface area contributed by atoms with Gasteiger partial charge in [-0.05, 0) is 6.07 Å². The molecule has 0 radical (unpaired) electrons. The maximum atomic E-state index is 11.8. The predicted octanol–water partition coefficient (Wildman–Crippen LogP) is 3.08. The summed E-state index contributed by atoms with van der Waals surface area (Å²) in [5.74, 6) is 0.502. The van der Waals surface area contributed by atoms with Gasteiger partial charge in [0.05, 0.1) is 0 Å². The number of carbonyl (C=O) groups is 1. The molecule has 0 atom stereocenters. The van der Waals surface area contributed by atoms with Crippen molar-refractivity contribution in [2.45, 2.75) is 11.6 Å². The van der Waals surface area contributed by atoms with Crippen LogP contribution in [0.25, 0.3) is 22.1 Å². The molecule has 0 unspecified atom stereocenters. The summed E-state index contributed by atoms with van der Waals surface area (Å²) in [5.41, 5.74) is 2.46. The van der Waals surface area contributed by atoms with Crippen molar-refractivity contribution in [2.75, 3.05) is 11.1 Å². The van der Waals surface area contributed by atoms with E-state index in [0.29, 0.717) is 28.1 Å². The van der Waals surface area contributed by atoms with Gasteiger partial charge in [0, 0.05) is 34.7 Å². The predicted molar refractivity (Wildman–Crippen MR) is 95.3 cm³/mol. The number of aromatic amines is 1. The van der Waals surface area contributed by atoms with Crippen LogP contribution in [0.2, 0.25) is 0 Å². The molecule has 7 nitrogen and oxygen atoms in total. The molecule has 0 saturated heterocycles. The molecule has 4 aromatic rings. The van der Waals surface area contributed by atoms with Crippen LogP contribution in [0.1, 0.15) is 6.42 Å². The van der Waals surface area contributed by atoms with Gasteiger partial charge in [-0.25, -0.2) is 9.97 Å². The topological polar surface area (TPSA) is 96.5 Å². The summed E-state index contributed by atoms with van der Waals surface area (Å²) in [6.45, 7) is 0. The highest BCUT2D eigenvalue weighted by molar-refractivity contribution is 7.99. The first kappa shape index (κ1) is 15.0. The van der Waals surface area contributed by atoms with E-state index in [9.17, 15) is 4.79 Å². The van der Waals surface area contributed by atoms with Gasteiger partial charge in [0.1, 0.15) is 5.52 Å². The molecule has 0 bridgehead atoms. The highest BCUT2D eigenvalue weighted by atomic mass is 32.2. The monoisotopic (exact) mass is 356 g/mol. The number of nitrogens with zero attached hydrogens (tertiary/aromatic N) is 4. The molecule has 3 aromatic heterocycles. The Bertz CT molecular complexity index is 998. The number of para-hydroxylation sites is 1. The van der Waals surface area contributed by atoms with Crippen LogP contribution in [0.5, 0.6) is 0 Å². The second-order valence-electron chi connectivity index (χ2n) is 4.95. The fourth-order valence-electron chi connectivity index (χ4n) is 2.27. The molecule has 2 N–H and O–H groups in total. The van der Waals surface area contributed by atoms with Crippen molar-refractivity contribution in [2.24, 2.45) is 0 Å². The Balaban J connectivity index is 1.41. The molecule has 0 aliphatic rings.